The molecule has 3 rings (SSSR count). The predicted octanol–water partition coefficient (Wildman–Crippen LogP) is 1.96. The molecule has 2 amide bonds. The van der Waals surface area contributed by atoms with E-state index in [0.717, 1.165) is 29.1 Å². The molecule has 2 heterocycles. The monoisotopic (exact) mass is 281 g/mol. The van der Waals surface area contributed by atoms with Gasteiger partial charge in [0.15, 0.2) is 0 Å². The van der Waals surface area contributed by atoms with Gasteiger partial charge in [0.1, 0.15) is 0 Å². The molecule has 1 aliphatic heterocycles. The van der Waals surface area contributed by atoms with Crippen LogP contribution in [0.5, 0.6) is 0 Å². The van der Waals surface area contributed by atoms with E-state index in [1.54, 1.807) is 18.3 Å². The van der Waals surface area contributed by atoms with Crippen molar-refractivity contribution in [1.82, 2.24) is 9.88 Å². The number of fused-ring (bicyclic) bond motifs is 1. The molecule has 0 saturated carbocycles. The smallest absolute Gasteiger partial charge is 0.261 e. The lowest BCUT2D eigenvalue weighted by Gasteiger charge is -2.07. The van der Waals surface area contributed by atoms with E-state index in [2.05, 4.69) is 10.3 Å². The summed E-state index contributed by atoms with van der Waals surface area (Å²) >= 11 is 0. The summed E-state index contributed by atoms with van der Waals surface area (Å²) in [6, 6.07) is 9.19. The Morgan fingerprint density at radius 3 is 2.71 bits per heavy atom. The van der Waals surface area contributed by atoms with Crippen molar-refractivity contribution < 1.29 is 9.59 Å². The van der Waals surface area contributed by atoms with Gasteiger partial charge in [0.25, 0.3) is 11.8 Å². The van der Waals surface area contributed by atoms with Crippen molar-refractivity contribution in [3.05, 3.63) is 59.4 Å². The second-order valence-electron chi connectivity index (χ2n) is 4.97. The number of benzene rings is 1. The molecule has 5 heteroatoms. The zero-order valence-corrected chi connectivity index (χ0v) is 11.7. The first kappa shape index (κ1) is 13.3. The lowest BCUT2D eigenvalue weighted by Crippen LogP contribution is -2.24. The van der Waals surface area contributed by atoms with Gasteiger partial charge in [0.05, 0.1) is 11.1 Å². The van der Waals surface area contributed by atoms with Crippen LogP contribution < -0.4 is 5.32 Å². The minimum Gasteiger partial charge on any atom is -0.385 e. The standard InChI is InChI=1S/C16H15N3O2/c1-19-15(20)13-5-4-12(9-14(13)16(19)21)18-8-6-11-3-2-7-17-10-11/h2-5,7,9-10,18H,6,8H2,1H3. The highest BCUT2D eigenvalue weighted by molar-refractivity contribution is 6.21. The Kier molecular flexibility index (Phi) is 3.39. The molecule has 1 N–H and O–H groups in total. The van der Waals surface area contributed by atoms with Gasteiger partial charge in [-0.15, -0.1) is 0 Å². The first-order valence-corrected chi connectivity index (χ1v) is 6.76. The van der Waals surface area contributed by atoms with Gasteiger partial charge in [0.2, 0.25) is 0 Å². The number of carbonyl (C=O) groups is 2. The molecule has 0 spiro atoms. The molecular formula is C16H15N3O2. The van der Waals surface area contributed by atoms with Crippen molar-refractivity contribution in [3.8, 4) is 0 Å². The van der Waals surface area contributed by atoms with Crippen LogP contribution in [-0.2, 0) is 6.42 Å². The highest BCUT2D eigenvalue weighted by atomic mass is 16.2. The molecule has 2 aromatic rings. The molecule has 0 fully saturated rings. The van der Waals surface area contributed by atoms with Gasteiger partial charge < -0.3 is 5.32 Å². The molecule has 1 aromatic heterocycles. The summed E-state index contributed by atoms with van der Waals surface area (Å²) in [4.78, 5) is 28.9. The lowest BCUT2D eigenvalue weighted by molar-refractivity contribution is 0.0693. The molecule has 1 aromatic carbocycles. The zero-order valence-electron chi connectivity index (χ0n) is 11.7. The summed E-state index contributed by atoms with van der Waals surface area (Å²) in [5, 5.41) is 3.26. The molecule has 106 valence electrons. The van der Waals surface area contributed by atoms with Crippen molar-refractivity contribution in [1.29, 1.82) is 0 Å². The fraction of sp³-hybridized carbons (Fsp3) is 0.188. The van der Waals surface area contributed by atoms with Gasteiger partial charge in [-0.05, 0) is 36.2 Å². The molecule has 21 heavy (non-hydrogen) atoms. The topological polar surface area (TPSA) is 62.3 Å². The largest absolute Gasteiger partial charge is 0.385 e. The average molecular weight is 281 g/mol. The first-order valence-electron chi connectivity index (χ1n) is 6.76. The van der Waals surface area contributed by atoms with Crippen molar-refractivity contribution >= 4 is 17.5 Å². The minimum absolute atomic E-state index is 0.239. The molecule has 0 saturated heterocycles. The van der Waals surface area contributed by atoms with Crippen LogP contribution in [0.25, 0.3) is 0 Å². The van der Waals surface area contributed by atoms with Gasteiger partial charge in [-0.2, -0.15) is 0 Å². The summed E-state index contributed by atoms with van der Waals surface area (Å²) in [5.41, 5.74) is 2.93. The number of nitrogens with one attached hydrogen (secondary N) is 1. The number of rotatable bonds is 4. The molecule has 1 aliphatic rings. The average Bonchev–Trinajstić information content (AvgIpc) is 2.73. The molecular weight excluding hydrogens is 266 g/mol. The summed E-state index contributed by atoms with van der Waals surface area (Å²) in [5.74, 6) is -0.484. The number of imide groups is 1. The minimum atomic E-state index is -0.245. The number of amides is 2. The van der Waals surface area contributed by atoms with E-state index in [-0.39, 0.29) is 11.8 Å². The second-order valence-corrected chi connectivity index (χ2v) is 4.97. The van der Waals surface area contributed by atoms with Crippen LogP contribution in [-0.4, -0.2) is 35.3 Å². The molecule has 0 aliphatic carbocycles. The van der Waals surface area contributed by atoms with E-state index >= 15 is 0 Å². The summed E-state index contributed by atoms with van der Waals surface area (Å²) < 4.78 is 0. The maximum absolute atomic E-state index is 11.9. The van der Waals surface area contributed by atoms with Crippen molar-refractivity contribution in [2.24, 2.45) is 0 Å². The van der Waals surface area contributed by atoms with Gasteiger partial charge in [-0.1, -0.05) is 6.07 Å². The SMILES string of the molecule is CN1C(=O)c2ccc(NCCc3cccnc3)cc2C1=O. The van der Waals surface area contributed by atoms with E-state index in [0.29, 0.717) is 11.1 Å². The van der Waals surface area contributed by atoms with Crippen molar-refractivity contribution in [3.63, 3.8) is 0 Å². The fourth-order valence-electron chi connectivity index (χ4n) is 2.37. The Morgan fingerprint density at radius 1 is 1.14 bits per heavy atom. The highest BCUT2D eigenvalue weighted by Crippen LogP contribution is 2.24. The van der Waals surface area contributed by atoms with Gasteiger partial charge in [-0.3, -0.25) is 19.5 Å². The van der Waals surface area contributed by atoms with Crippen LogP contribution >= 0.6 is 0 Å². The van der Waals surface area contributed by atoms with E-state index in [1.165, 1.54) is 7.05 Å². The fourth-order valence-corrected chi connectivity index (χ4v) is 2.37. The normalized spacial score (nSPS) is 13.5. The lowest BCUT2D eigenvalue weighted by atomic mass is 10.1. The Labute approximate surface area is 122 Å². The number of carbonyl (C=O) groups excluding carboxylic acids is 2. The van der Waals surface area contributed by atoms with Gasteiger partial charge >= 0.3 is 0 Å². The predicted molar refractivity (Wildman–Crippen MR) is 79.3 cm³/mol. The number of aromatic nitrogens is 1. The van der Waals surface area contributed by atoms with Crippen molar-refractivity contribution in [2.45, 2.75) is 6.42 Å². The van der Waals surface area contributed by atoms with Crippen LogP contribution in [0, 0.1) is 0 Å². The van der Waals surface area contributed by atoms with Gasteiger partial charge in [-0.25, -0.2) is 0 Å². The Balaban J connectivity index is 1.68. The second kappa shape index (κ2) is 5.36. The molecule has 0 unspecified atom stereocenters. The quantitative estimate of drug-likeness (QED) is 0.870. The zero-order chi connectivity index (χ0) is 14.8. The van der Waals surface area contributed by atoms with Crippen LogP contribution in [0.3, 0.4) is 0 Å². The number of pyridine rings is 1. The molecule has 0 bridgehead atoms. The van der Waals surface area contributed by atoms with Crippen LogP contribution in [0.2, 0.25) is 0 Å². The van der Waals surface area contributed by atoms with Crippen LogP contribution in [0.4, 0.5) is 5.69 Å². The third-order valence-electron chi connectivity index (χ3n) is 3.56. The molecule has 5 nitrogen and oxygen atoms in total. The first-order chi connectivity index (χ1) is 10.2. The Morgan fingerprint density at radius 2 is 1.95 bits per heavy atom. The number of anilines is 1. The van der Waals surface area contributed by atoms with E-state index < -0.39 is 0 Å². The number of hydrogen-bond acceptors (Lipinski definition) is 4. The van der Waals surface area contributed by atoms with Crippen molar-refractivity contribution in [2.75, 3.05) is 18.9 Å². The maximum atomic E-state index is 11.9. The third-order valence-corrected chi connectivity index (χ3v) is 3.56. The summed E-state index contributed by atoms with van der Waals surface area (Å²) in [6.07, 6.45) is 4.43. The Bertz CT molecular complexity index is 698. The summed E-state index contributed by atoms with van der Waals surface area (Å²) in [6.45, 7) is 0.739. The van der Waals surface area contributed by atoms with Crippen LogP contribution in [0.1, 0.15) is 26.3 Å². The van der Waals surface area contributed by atoms with E-state index in [1.807, 2.05) is 24.4 Å². The van der Waals surface area contributed by atoms with Gasteiger partial charge in [0, 0.05) is 31.7 Å². The number of nitrogens with zero attached hydrogens (tertiary/aromatic N) is 2. The number of hydrogen-bond donors (Lipinski definition) is 1. The van der Waals surface area contributed by atoms with E-state index in [4.69, 9.17) is 0 Å². The molecule has 0 atom stereocenters. The van der Waals surface area contributed by atoms with E-state index in [9.17, 15) is 9.59 Å². The third kappa shape index (κ3) is 2.50. The maximum Gasteiger partial charge on any atom is 0.261 e. The Hall–Kier alpha value is -2.69. The molecule has 0 radical (unpaired) electrons. The highest BCUT2D eigenvalue weighted by Gasteiger charge is 2.32. The summed E-state index contributed by atoms with van der Waals surface area (Å²) in [7, 11) is 1.50. The van der Waals surface area contributed by atoms with Crippen LogP contribution in [0.15, 0.2) is 42.7 Å².